The molecule has 178 valence electrons. The number of ether oxygens (including phenoxy) is 1. The van der Waals surface area contributed by atoms with Gasteiger partial charge in [0.1, 0.15) is 0 Å². The second-order valence-electron chi connectivity index (χ2n) is 9.52. The molecule has 8 nitrogen and oxygen atoms in total. The fourth-order valence-electron chi connectivity index (χ4n) is 4.97. The maximum Gasteiger partial charge on any atom is 0.238 e. The molecule has 2 amide bonds. The summed E-state index contributed by atoms with van der Waals surface area (Å²) in [6.45, 7) is 10.8. The number of nitrogens with zero attached hydrogens (tertiary/aromatic N) is 4. The molecule has 0 unspecified atom stereocenters. The number of aryl methyl sites for hydroxylation is 1. The van der Waals surface area contributed by atoms with Crippen LogP contribution in [0.25, 0.3) is 0 Å². The van der Waals surface area contributed by atoms with Gasteiger partial charge in [0.05, 0.1) is 48.8 Å². The van der Waals surface area contributed by atoms with Crippen molar-refractivity contribution in [2.24, 2.45) is 5.41 Å². The van der Waals surface area contributed by atoms with E-state index in [2.05, 4.69) is 27.4 Å². The fourth-order valence-corrected chi connectivity index (χ4v) is 4.97. The number of hydrogen-bond donors (Lipinski definition) is 1. The number of carbonyl (C=O) groups is 2. The Kier molecular flexibility index (Phi) is 7.14. The van der Waals surface area contributed by atoms with Crippen LogP contribution in [0.4, 0.5) is 5.69 Å². The van der Waals surface area contributed by atoms with Crippen LogP contribution in [0.3, 0.4) is 0 Å². The number of aromatic nitrogens is 2. The van der Waals surface area contributed by atoms with Gasteiger partial charge >= 0.3 is 0 Å². The van der Waals surface area contributed by atoms with Crippen LogP contribution in [0, 0.1) is 19.3 Å². The van der Waals surface area contributed by atoms with Crippen molar-refractivity contribution in [2.75, 3.05) is 51.3 Å². The van der Waals surface area contributed by atoms with Crippen molar-refractivity contribution in [3.63, 3.8) is 0 Å². The van der Waals surface area contributed by atoms with E-state index in [9.17, 15) is 9.59 Å². The molecule has 2 aliphatic rings. The number of benzene rings is 1. The summed E-state index contributed by atoms with van der Waals surface area (Å²) >= 11 is 0. The van der Waals surface area contributed by atoms with E-state index >= 15 is 0 Å². The lowest BCUT2D eigenvalue weighted by molar-refractivity contribution is -0.149. The van der Waals surface area contributed by atoms with E-state index in [0.717, 1.165) is 36.5 Å². The largest absolute Gasteiger partial charge is 0.378 e. The van der Waals surface area contributed by atoms with Crippen LogP contribution in [0.15, 0.2) is 30.3 Å². The van der Waals surface area contributed by atoms with E-state index < -0.39 is 5.41 Å². The summed E-state index contributed by atoms with van der Waals surface area (Å²) in [7, 11) is 0. The molecule has 8 heteroatoms. The standard InChI is InChI=1S/C25H35N5O3/c1-19-23(20(2)30(27-19)16-21-8-5-4-6-9-21)26-22(31)17-28-11-7-10-25(3,18-28)24(32)29-12-14-33-15-13-29/h4-6,8-9H,7,10-18H2,1-3H3,(H,26,31)/t25-/m1/s1. The molecule has 1 atom stereocenters. The molecule has 2 fully saturated rings. The highest BCUT2D eigenvalue weighted by Gasteiger charge is 2.41. The quantitative estimate of drug-likeness (QED) is 0.727. The average molecular weight is 454 g/mol. The smallest absolute Gasteiger partial charge is 0.238 e. The van der Waals surface area contributed by atoms with Gasteiger partial charge in [-0.2, -0.15) is 5.10 Å². The van der Waals surface area contributed by atoms with Crippen molar-refractivity contribution < 1.29 is 14.3 Å². The monoisotopic (exact) mass is 453 g/mol. The summed E-state index contributed by atoms with van der Waals surface area (Å²) in [4.78, 5) is 30.1. The molecule has 33 heavy (non-hydrogen) atoms. The van der Waals surface area contributed by atoms with Crippen molar-refractivity contribution in [2.45, 2.75) is 40.2 Å². The minimum Gasteiger partial charge on any atom is -0.378 e. The zero-order valence-electron chi connectivity index (χ0n) is 20.0. The van der Waals surface area contributed by atoms with E-state index in [-0.39, 0.29) is 18.4 Å². The lowest BCUT2D eigenvalue weighted by atomic mass is 9.80. The van der Waals surface area contributed by atoms with E-state index in [0.29, 0.717) is 39.4 Å². The van der Waals surface area contributed by atoms with Crippen molar-refractivity contribution >= 4 is 17.5 Å². The summed E-state index contributed by atoms with van der Waals surface area (Å²) in [5, 5.41) is 7.71. The third kappa shape index (κ3) is 5.45. The first-order chi connectivity index (χ1) is 15.9. The van der Waals surface area contributed by atoms with Gasteiger partial charge in [-0.25, -0.2) is 0 Å². The number of likely N-dealkylation sites (tertiary alicyclic amines) is 1. The lowest BCUT2D eigenvalue weighted by Crippen LogP contribution is -2.54. The van der Waals surface area contributed by atoms with E-state index in [1.54, 1.807) is 0 Å². The van der Waals surface area contributed by atoms with E-state index in [4.69, 9.17) is 4.74 Å². The summed E-state index contributed by atoms with van der Waals surface area (Å²) in [6.07, 6.45) is 1.76. The summed E-state index contributed by atoms with van der Waals surface area (Å²) in [6, 6.07) is 10.2. The molecule has 0 spiro atoms. The molecule has 2 saturated heterocycles. The Balaban J connectivity index is 1.37. The van der Waals surface area contributed by atoms with Crippen LogP contribution in [0.1, 0.15) is 36.7 Å². The van der Waals surface area contributed by atoms with Crippen molar-refractivity contribution in [1.82, 2.24) is 19.6 Å². The Morgan fingerprint density at radius 2 is 1.85 bits per heavy atom. The Hall–Kier alpha value is -2.71. The molecule has 4 rings (SSSR count). The molecule has 3 heterocycles. The number of hydrogen-bond acceptors (Lipinski definition) is 5. The van der Waals surface area contributed by atoms with Crippen LogP contribution >= 0.6 is 0 Å². The number of anilines is 1. The second kappa shape index (κ2) is 10.1. The number of nitrogens with one attached hydrogen (secondary N) is 1. The van der Waals surface area contributed by atoms with Gasteiger partial charge in [0.15, 0.2) is 0 Å². The minimum absolute atomic E-state index is 0.0662. The predicted octanol–water partition coefficient (Wildman–Crippen LogP) is 2.45. The molecule has 1 aromatic carbocycles. The number of morpholine rings is 1. The van der Waals surface area contributed by atoms with Crippen molar-refractivity contribution in [3.05, 3.63) is 47.3 Å². The average Bonchev–Trinajstić information content (AvgIpc) is 3.07. The molecular formula is C25H35N5O3. The molecular weight excluding hydrogens is 418 g/mol. The van der Waals surface area contributed by atoms with E-state index in [1.165, 1.54) is 5.56 Å². The molecule has 0 bridgehead atoms. The highest BCUT2D eigenvalue weighted by molar-refractivity contribution is 5.93. The molecule has 1 aromatic heterocycles. The van der Waals surface area contributed by atoms with Crippen LogP contribution in [-0.4, -0.2) is 77.3 Å². The molecule has 1 N–H and O–H groups in total. The molecule has 2 aliphatic heterocycles. The third-order valence-corrected chi connectivity index (χ3v) is 6.78. The zero-order valence-corrected chi connectivity index (χ0v) is 20.0. The van der Waals surface area contributed by atoms with Crippen LogP contribution in [0.5, 0.6) is 0 Å². The van der Waals surface area contributed by atoms with Gasteiger partial charge in [-0.05, 0) is 45.7 Å². The van der Waals surface area contributed by atoms with Gasteiger partial charge < -0.3 is 15.0 Å². The maximum atomic E-state index is 13.2. The second-order valence-corrected chi connectivity index (χ2v) is 9.52. The van der Waals surface area contributed by atoms with Crippen LogP contribution < -0.4 is 5.32 Å². The Labute approximate surface area is 195 Å². The fraction of sp³-hybridized carbons (Fsp3) is 0.560. The molecule has 0 radical (unpaired) electrons. The van der Waals surface area contributed by atoms with Gasteiger partial charge in [0.2, 0.25) is 11.8 Å². The molecule has 2 aromatic rings. The Bertz CT molecular complexity index is 983. The van der Waals surface area contributed by atoms with Gasteiger partial charge in [-0.1, -0.05) is 30.3 Å². The minimum atomic E-state index is -0.456. The summed E-state index contributed by atoms with van der Waals surface area (Å²) < 4.78 is 7.32. The van der Waals surface area contributed by atoms with Gasteiger partial charge in [0, 0.05) is 19.6 Å². The molecule has 0 saturated carbocycles. The topological polar surface area (TPSA) is 79.7 Å². The highest BCUT2D eigenvalue weighted by atomic mass is 16.5. The summed E-state index contributed by atoms with van der Waals surface area (Å²) in [5.74, 6) is 0.119. The highest BCUT2D eigenvalue weighted by Crippen LogP contribution is 2.32. The van der Waals surface area contributed by atoms with Crippen molar-refractivity contribution in [1.29, 1.82) is 0 Å². The lowest BCUT2D eigenvalue weighted by Gasteiger charge is -2.42. The SMILES string of the molecule is Cc1nn(Cc2ccccc2)c(C)c1NC(=O)CN1CCC[C@@](C)(C(=O)N2CCOCC2)C1. The van der Waals surface area contributed by atoms with Gasteiger partial charge in [-0.3, -0.25) is 19.2 Å². The first kappa shape index (κ1) is 23.4. The number of piperidine rings is 1. The first-order valence-corrected chi connectivity index (χ1v) is 11.8. The van der Waals surface area contributed by atoms with Gasteiger partial charge in [0.25, 0.3) is 0 Å². The Morgan fingerprint density at radius 3 is 2.58 bits per heavy atom. The van der Waals surface area contributed by atoms with Gasteiger partial charge in [-0.15, -0.1) is 0 Å². The normalized spacial score (nSPS) is 21.7. The molecule has 0 aliphatic carbocycles. The van der Waals surface area contributed by atoms with Crippen LogP contribution in [-0.2, 0) is 20.9 Å². The first-order valence-electron chi connectivity index (χ1n) is 11.8. The third-order valence-electron chi connectivity index (χ3n) is 6.78. The number of amides is 2. The summed E-state index contributed by atoms with van der Waals surface area (Å²) in [5.41, 5.74) is 3.24. The Morgan fingerprint density at radius 1 is 1.12 bits per heavy atom. The zero-order chi connectivity index (χ0) is 23.4. The van der Waals surface area contributed by atoms with Crippen LogP contribution in [0.2, 0.25) is 0 Å². The number of carbonyl (C=O) groups excluding carboxylic acids is 2. The van der Waals surface area contributed by atoms with E-state index in [1.807, 2.05) is 48.6 Å². The number of rotatable bonds is 6. The van der Waals surface area contributed by atoms with Crippen molar-refractivity contribution in [3.8, 4) is 0 Å². The maximum absolute atomic E-state index is 13.2. The predicted molar refractivity (Wildman–Crippen MR) is 127 cm³/mol.